The summed E-state index contributed by atoms with van der Waals surface area (Å²) in [7, 11) is 1.91. The van der Waals surface area contributed by atoms with Crippen LogP contribution in [-0.2, 0) is 16.1 Å². The number of pyridine rings is 1. The number of halogens is 1. The van der Waals surface area contributed by atoms with Gasteiger partial charge >= 0.3 is 0 Å². The van der Waals surface area contributed by atoms with E-state index in [0.29, 0.717) is 28.7 Å². The summed E-state index contributed by atoms with van der Waals surface area (Å²) in [6.45, 7) is 3.44. The Bertz CT molecular complexity index is 1240. The molecular formula is C27H28FN5O2S. The van der Waals surface area contributed by atoms with E-state index in [1.807, 2.05) is 30.1 Å². The Hall–Kier alpha value is -3.56. The highest BCUT2D eigenvalue weighted by Crippen LogP contribution is 2.41. The summed E-state index contributed by atoms with van der Waals surface area (Å²) in [5.74, 6) is -0.574. The van der Waals surface area contributed by atoms with Crippen molar-refractivity contribution >= 4 is 40.1 Å². The first-order valence-electron chi connectivity index (χ1n) is 11.7. The van der Waals surface area contributed by atoms with Gasteiger partial charge in [0.1, 0.15) is 11.1 Å². The average molecular weight is 506 g/mol. The van der Waals surface area contributed by atoms with Gasteiger partial charge in [-0.05, 0) is 67.5 Å². The highest BCUT2D eigenvalue weighted by atomic mass is 32.2. The van der Waals surface area contributed by atoms with Crippen molar-refractivity contribution in [1.29, 1.82) is 0 Å². The molecule has 2 heterocycles. The second-order valence-electron chi connectivity index (χ2n) is 8.57. The summed E-state index contributed by atoms with van der Waals surface area (Å²) >= 11 is 1.34. The van der Waals surface area contributed by atoms with Crippen molar-refractivity contribution in [3.8, 4) is 0 Å². The van der Waals surface area contributed by atoms with Crippen molar-refractivity contribution in [3.63, 3.8) is 0 Å². The molecule has 4 rings (SSSR count). The zero-order chi connectivity index (χ0) is 25.5. The van der Waals surface area contributed by atoms with Gasteiger partial charge in [-0.15, -0.1) is 0 Å². The van der Waals surface area contributed by atoms with Gasteiger partial charge in [0, 0.05) is 11.9 Å². The SMILES string of the molecule is CCCN(C)CC(=O)Nc1ccc(C2SC(=Nc3cccnc3)N(Cc3cccc(F)c3)C2=O)cc1. The van der Waals surface area contributed by atoms with Crippen molar-refractivity contribution in [1.82, 2.24) is 14.8 Å². The number of nitrogens with zero attached hydrogens (tertiary/aromatic N) is 4. The summed E-state index contributed by atoms with van der Waals surface area (Å²) in [4.78, 5) is 38.1. The molecule has 2 aromatic carbocycles. The summed E-state index contributed by atoms with van der Waals surface area (Å²) < 4.78 is 13.8. The van der Waals surface area contributed by atoms with Gasteiger partial charge in [0.15, 0.2) is 5.17 Å². The minimum Gasteiger partial charge on any atom is -0.325 e. The molecule has 1 N–H and O–H groups in total. The summed E-state index contributed by atoms with van der Waals surface area (Å²) in [5.41, 5.74) is 2.77. The molecule has 0 aliphatic carbocycles. The van der Waals surface area contributed by atoms with E-state index in [0.717, 1.165) is 18.5 Å². The summed E-state index contributed by atoms with van der Waals surface area (Å²) in [6.07, 6.45) is 4.27. The predicted octanol–water partition coefficient (Wildman–Crippen LogP) is 5.01. The molecule has 1 aliphatic rings. The molecule has 9 heteroatoms. The standard InChI is InChI=1S/C27H28FN5O2S/c1-3-14-32(2)18-24(34)30-22-11-9-20(10-12-22)25-26(35)33(17-19-6-4-7-21(28)15-19)27(36-25)31-23-8-5-13-29-16-23/h4-13,15-16,25H,3,14,17-18H2,1-2H3,(H,30,34). The molecule has 2 amide bonds. The number of amidine groups is 1. The van der Waals surface area contributed by atoms with E-state index in [2.05, 4.69) is 22.2 Å². The first kappa shape index (κ1) is 25.5. The largest absolute Gasteiger partial charge is 0.325 e. The number of thioether (sulfide) groups is 1. The lowest BCUT2D eigenvalue weighted by molar-refractivity contribution is -0.126. The van der Waals surface area contributed by atoms with Crippen LogP contribution in [0.4, 0.5) is 15.8 Å². The Balaban J connectivity index is 1.53. The minimum atomic E-state index is -0.505. The number of aromatic nitrogens is 1. The number of anilines is 1. The lowest BCUT2D eigenvalue weighted by Crippen LogP contribution is -2.30. The first-order valence-corrected chi connectivity index (χ1v) is 12.6. The molecule has 1 fully saturated rings. The molecular weight excluding hydrogens is 477 g/mol. The van der Waals surface area contributed by atoms with Crippen LogP contribution >= 0.6 is 11.8 Å². The third-order valence-corrected chi connectivity index (χ3v) is 6.79. The fourth-order valence-electron chi connectivity index (χ4n) is 3.89. The predicted molar refractivity (Wildman–Crippen MR) is 141 cm³/mol. The average Bonchev–Trinajstić information content (AvgIpc) is 3.15. The maximum atomic E-state index is 13.8. The number of hydrogen-bond donors (Lipinski definition) is 1. The van der Waals surface area contributed by atoms with E-state index in [1.54, 1.807) is 47.6 Å². The van der Waals surface area contributed by atoms with Gasteiger partial charge in [-0.1, -0.05) is 43.0 Å². The van der Waals surface area contributed by atoms with Gasteiger partial charge in [0.25, 0.3) is 0 Å². The number of rotatable bonds is 9. The molecule has 1 saturated heterocycles. The molecule has 36 heavy (non-hydrogen) atoms. The molecule has 1 aliphatic heterocycles. The van der Waals surface area contributed by atoms with E-state index >= 15 is 0 Å². The third kappa shape index (κ3) is 6.56. The van der Waals surface area contributed by atoms with Crippen molar-refractivity contribution < 1.29 is 14.0 Å². The molecule has 0 spiro atoms. The molecule has 1 atom stereocenters. The van der Waals surface area contributed by atoms with Crippen molar-refractivity contribution in [3.05, 3.63) is 90.0 Å². The number of benzene rings is 2. The molecule has 0 radical (unpaired) electrons. The van der Waals surface area contributed by atoms with E-state index < -0.39 is 5.25 Å². The second-order valence-corrected chi connectivity index (χ2v) is 9.64. The normalized spacial score (nSPS) is 16.7. The zero-order valence-electron chi connectivity index (χ0n) is 20.2. The summed E-state index contributed by atoms with van der Waals surface area (Å²) in [5, 5.41) is 2.92. The van der Waals surface area contributed by atoms with E-state index in [4.69, 9.17) is 0 Å². The molecule has 186 valence electrons. The van der Waals surface area contributed by atoms with Crippen LogP contribution in [0.3, 0.4) is 0 Å². The minimum absolute atomic E-state index is 0.0859. The highest BCUT2D eigenvalue weighted by molar-refractivity contribution is 8.15. The molecule has 1 unspecified atom stereocenters. The van der Waals surface area contributed by atoms with Gasteiger partial charge in [0.2, 0.25) is 11.8 Å². The fourth-order valence-corrected chi connectivity index (χ4v) is 5.07. The van der Waals surface area contributed by atoms with Gasteiger partial charge in [-0.3, -0.25) is 24.4 Å². The lowest BCUT2D eigenvalue weighted by atomic mass is 10.1. The third-order valence-electron chi connectivity index (χ3n) is 5.56. The molecule has 7 nitrogen and oxygen atoms in total. The van der Waals surface area contributed by atoms with Crippen molar-refractivity contribution in [2.45, 2.75) is 25.1 Å². The lowest BCUT2D eigenvalue weighted by Gasteiger charge is -2.17. The topological polar surface area (TPSA) is 77.9 Å². The number of carbonyl (C=O) groups excluding carboxylic acids is 2. The Labute approximate surface area is 214 Å². The van der Waals surface area contributed by atoms with Crippen LogP contribution in [0.2, 0.25) is 0 Å². The van der Waals surface area contributed by atoms with Crippen molar-refractivity contribution in [2.24, 2.45) is 4.99 Å². The number of aliphatic imine (C=N–C) groups is 1. The van der Waals surface area contributed by atoms with E-state index in [9.17, 15) is 14.0 Å². The Morgan fingerprint density at radius 3 is 2.69 bits per heavy atom. The molecule has 3 aromatic rings. The maximum absolute atomic E-state index is 13.8. The summed E-state index contributed by atoms with van der Waals surface area (Å²) in [6, 6.07) is 17.1. The second kappa shape index (κ2) is 11.9. The van der Waals surface area contributed by atoms with Crippen LogP contribution in [0, 0.1) is 5.82 Å². The number of carbonyl (C=O) groups is 2. The molecule has 0 saturated carbocycles. The Kier molecular flexibility index (Phi) is 8.45. The Morgan fingerprint density at radius 2 is 2.00 bits per heavy atom. The highest BCUT2D eigenvalue weighted by Gasteiger charge is 2.39. The molecule has 0 bridgehead atoms. The number of amides is 2. The van der Waals surface area contributed by atoms with Crippen LogP contribution in [0.15, 0.2) is 78.0 Å². The number of likely N-dealkylation sites (N-methyl/N-ethyl adjacent to an activating group) is 1. The zero-order valence-corrected chi connectivity index (χ0v) is 21.0. The van der Waals surface area contributed by atoms with Crippen LogP contribution in [-0.4, -0.2) is 51.9 Å². The fraction of sp³-hybridized carbons (Fsp3) is 0.259. The van der Waals surface area contributed by atoms with Gasteiger partial charge in [-0.25, -0.2) is 9.38 Å². The van der Waals surface area contributed by atoms with Crippen LogP contribution in [0.5, 0.6) is 0 Å². The van der Waals surface area contributed by atoms with Gasteiger partial charge in [0.05, 0.1) is 25.0 Å². The Morgan fingerprint density at radius 1 is 1.19 bits per heavy atom. The van der Waals surface area contributed by atoms with Crippen LogP contribution in [0.25, 0.3) is 0 Å². The number of hydrogen-bond acceptors (Lipinski definition) is 6. The number of nitrogens with one attached hydrogen (secondary N) is 1. The smallest absolute Gasteiger partial charge is 0.246 e. The van der Waals surface area contributed by atoms with Crippen LogP contribution in [0.1, 0.15) is 29.7 Å². The van der Waals surface area contributed by atoms with Gasteiger partial charge in [-0.2, -0.15) is 0 Å². The van der Waals surface area contributed by atoms with E-state index in [1.165, 1.54) is 23.9 Å². The van der Waals surface area contributed by atoms with E-state index in [-0.39, 0.29) is 24.2 Å². The monoisotopic (exact) mass is 505 g/mol. The molecule has 1 aromatic heterocycles. The van der Waals surface area contributed by atoms with Crippen LogP contribution < -0.4 is 5.32 Å². The van der Waals surface area contributed by atoms with Gasteiger partial charge < -0.3 is 5.32 Å². The first-order chi connectivity index (χ1) is 17.4. The maximum Gasteiger partial charge on any atom is 0.246 e. The van der Waals surface area contributed by atoms with Crippen molar-refractivity contribution in [2.75, 3.05) is 25.5 Å². The quantitative estimate of drug-likeness (QED) is 0.443.